The molecule has 0 saturated carbocycles. The van der Waals surface area contributed by atoms with Crippen LogP contribution in [-0.2, 0) is 11.3 Å². The molecule has 2 N–H and O–H groups in total. The minimum Gasteiger partial charge on any atom is -0.353 e. The molecule has 1 heterocycles. The molecule has 1 amide bonds. The summed E-state index contributed by atoms with van der Waals surface area (Å²) in [5.41, 5.74) is 0.946. The van der Waals surface area contributed by atoms with Crippen LogP contribution in [0.5, 0.6) is 0 Å². The number of amides is 1. The molecule has 0 radical (unpaired) electrons. The lowest BCUT2D eigenvalue weighted by Crippen LogP contribution is -2.38. The summed E-state index contributed by atoms with van der Waals surface area (Å²) in [6.07, 6.45) is 3.86. The predicted octanol–water partition coefficient (Wildman–Crippen LogP) is 1.48. The van der Waals surface area contributed by atoms with Gasteiger partial charge in [0.15, 0.2) is 0 Å². The SMILES string of the molecule is CCCC(C)NC(=O)CNCc1ccccn1. The van der Waals surface area contributed by atoms with Gasteiger partial charge in [-0.1, -0.05) is 19.4 Å². The molecule has 17 heavy (non-hydrogen) atoms. The molecule has 0 fully saturated rings. The second kappa shape index (κ2) is 7.79. The summed E-state index contributed by atoms with van der Waals surface area (Å²) >= 11 is 0. The fourth-order valence-corrected chi connectivity index (χ4v) is 1.64. The summed E-state index contributed by atoms with van der Waals surface area (Å²) in [6, 6.07) is 6.00. The Balaban J connectivity index is 2.16. The molecule has 4 nitrogen and oxygen atoms in total. The zero-order valence-electron chi connectivity index (χ0n) is 10.6. The largest absolute Gasteiger partial charge is 0.353 e. The van der Waals surface area contributed by atoms with Crippen molar-refractivity contribution in [3.63, 3.8) is 0 Å². The molecule has 0 aromatic carbocycles. The Morgan fingerprint density at radius 3 is 2.94 bits per heavy atom. The molecule has 1 atom stereocenters. The number of carbonyl (C=O) groups is 1. The van der Waals surface area contributed by atoms with Gasteiger partial charge in [0, 0.05) is 18.8 Å². The van der Waals surface area contributed by atoms with Crippen LogP contribution in [0.4, 0.5) is 0 Å². The fourth-order valence-electron chi connectivity index (χ4n) is 1.64. The van der Waals surface area contributed by atoms with Crippen LogP contribution in [0, 0.1) is 0 Å². The van der Waals surface area contributed by atoms with E-state index >= 15 is 0 Å². The Morgan fingerprint density at radius 2 is 2.29 bits per heavy atom. The van der Waals surface area contributed by atoms with Crippen molar-refractivity contribution in [1.29, 1.82) is 0 Å². The molecular weight excluding hydrogens is 214 g/mol. The van der Waals surface area contributed by atoms with Gasteiger partial charge in [0.1, 0.15) is 0 Å². The van der Waals surface area contributed by atoms with E-state index in [1.54, 1.807) is 6.20 Å². The molecule has 1 unspecified atom stereocenters. The number of hydrogen-bond donors (Lipinski definition) is 2. The average molecular weight is 235 g/mol. The first-order valence-corrected chi connectivity index (χ1v) is 6.12. The molecule has 1 aromatic heterocycles. The van der Waals surface area contributed by atoms with E-state index in [-0.39, 0.29) is 11.9 Å². The van der Waals surface area contributed by atoms with Crippen LogP contribution >= 0.6 is 0 Å². The minimum absolute atomic E-state index is 0.0434. The zero-order chi connectivity index (χ0) is 12.5. The lowest BCUT2D eigenvalue weighted by molar-refractivity contribution is -0.120. The summed E-state index contributed by atoms with van der Waals surface area (Å²) in [5.74, 6) is 0.0434. The van der Waals surface area contributed by atoms with Crippen molar-refractivity contribution in [2.45, 2.75) is 39.3 Å². The Hall–Kier alpha value is -1.42. The summed E-state index contributed by atoms with van der Waals surface area (Å²) in [4.78, 5) is 15.7. The maximum Gasteiger partial charge on any atom is 0.234 e. The highest BCUT2D eigenvalue weighted by atomic mass is 16.1. The first-order chi connectivity index (χ1) is 8.22. The molecule has 1 aromatic rings. The molecule has 94 valence electrons. The standard InChI is InChI=1S/C13H21N3O/c1-3-6-11(2)16-13(17)10-14-9-12-7-4-5-8-15-12/h4-5,7-8,11,14H,3,6,9-10H2,1-2H3,(H,16,17). The minimum atomic E-state index is 0.0434. The summed E-state index contributed by atoms with van der Waals surface area (Å²) in [6.45, 7) is 5.10. The van der Waals surface area contributed by atoms with Crippen molar-refractivity contribution in [2.24, 2.45) is 0 Å². The smallest absolute Gasteiger partial charge is 0.234 e. The van der Waals surface area contributed by atoms with Gasteiger partial charge in [0.05, 0.1) is 12.2 Å². The van der Waals surface area contributed by atoms with Gasteiger partial charge in [-0.15, -0.1) is 0 Å². The van der Waals surface area contributed by atoms with Crippen molar-refractivity contribution in [3.8, 4) is 0 Å². The summed E-state index contributed by atoms with van der Waals surface area (Å²) in [7, 11) is 0. The number of carbonyl (C=O) groups excluding carboxylic acids is 1. The third-order valence-corrected chi connectivity index (χ3v) is 2.45. The highest BCUT2D eigenvalue weighted by Crippen LogP contribution is 1.94. The molecule has 4 heteroatoms. The van der Waals surface area contributed by atoms with Gasteiger partial charge in [-0.05, 0) is 25.5 Å². The predicted molar refractivity (Wildman–Crippen MR) is 68.5 cm³/mol. The van der Waals surface area contributed by atoms with Crippen LogP contribution in [0.3, 0.4) is 0 Å². The quantitative estimate of drug-likeness (QED) is 0.752. The van der Waals surface area contributed by atoms with Gasteiger partial charge in [-0.2, -0.15) is 0 Å². The van der Waals surface area contributed by atoms with E-state index in [4.69, 9.17) is 0 Å². The Morgan fingerprint density at radius 1 is 1.47 bits per heavy atom. The molecule has 0 aliphatic heterocycles. The number of rotatable bonds is 7. The number of hydrogen-bond acceptors (Lipinski definition) is 3. The van der Waals surface area contributed by atoms with E-state index in [0.29, 0.717) is 13.1 Å². The number of aromatic nitrogens is 1. The zero-order valence-corrected chi connectivity index (χ0v) is 10.6. The highest BCUT2D eigenvalue weighted by molar-refractivity contribution is 5.78. The molecule has 0 bridgehead atoms. The molecule has 0 spiro atoms. The van der Waals surface area contributed by atoms with Crippen LogP contribution in [0.25, 0.3) is 0 Å². The van der Waals surface area contributed by atoms with Gasteiger partial charge < -0.3 is 10.6 Å². The van der Waals surface area contributed by atoms with Crippen molar-refractivity contribution in [3.05, 3.63) is 30.1 Å². The van der Waals surface area contributed by atoms with Gasteiger partial charge in [0.25, 0.3) is 0 Å². The molecule has 0 aliphatic carbocycles. The average Bonchev–Trinajstić information content (AvgIpc) is 2.30. The van der Waals surface area contributed by atoms with Crippen LogP contribution < -0.4 is 10.6 Å². The van der Waals surface area contributed by atoms with Gasteiger partial charge in [-0.3, -0.25) is 9.78 Å². The number of nitrogens with one attached hydrogen (secondary N) is 2. The lowest BCUT2D eigenvalue weighted by atomic mass is 10.2. The normalized spacial score (nSPS) is 12.1. The van der Waals surface area contributed by atoms with Crippen LogP contribution in [0.1, 0.15) is 32.4 Å². The Labute approximate surface area is 103 Å². The number of pyridine rings is 1. The third-order valence-electron chi connectivity index (χ3n) is 2.45. The lowest BCUT2D eigenvalue weighted by Gasteiger charge is -2.12. The van der Waals surface area contributed by atoms with Crippen molar-refractivity contribution >= 4 is 5.91 Å². The number of nitrogens with zero attached hydrogens (tertiary/aromatic N) is 1. The molecule has 0 saturated heterocycles. The second-order valence-corrected chi connectivity index (χ2v) is 4.18. The van der Waals surface area contributed by atoms with Crippen LogP contribution in [0.15, 0.2) is 24.4 Å². The maximum atomic E-state index is 11.5. The van der Waals surface area contributed by atoms with E-state index < -0.39 is 0 Å². The molecule has 1 rings (SSSR count). The van der Waals surface area contributed by atoms with E-state index in [1.165, 1.54) is 0 Å². The highest BCUT2D eigenvalue weighted by Gasteiger charge is 2.05. The van der Waals surface area contributed by atoms with E-state index in [1.807, 2.05) is 25.1 Å². The maximum absolute atomic E-state index is 11.5. The first kappa shape index (κ1) is 13.6. The van der Waals surface area contributed by atoms with Gasteiger partial charge in [0.2, 0.25) is 5.91 Å². The van der Waals surface area contributed by atoms with Gasteiger partial charge in [-0.25, -0.2) is 0 Å². The second-order valence-electron chi connectivity index (χ2n) is 4.18. The monoisotopic (exact) mass is 235 g/mol. The Bertz CT molecular complexity index is 327. The first-order valence-electron chi connectivity index (χ1n) is 6.12. The van der Waals surface area contributed by atoms with E-state index in [9.17, 15) is 4.79 Å². The summed E-state index contributed by atoms with van der Waals surface area (Å²) in [5, 5.41) is 6.02. The van der Waals surface area contributed by atoms with E-state index in [0.717, 1.165) is 18.5 Å². The van der Waals surface area contributed by atoms with Crippen LogP contribution in [0.2, 0.25) is 0 Å². The topological polar surface area (TPSA) is 54.0 Å². The van der Waals surface area contributed by atoms with Crippen molar-refractivity contribution < 1.29 is 4.79 Å². The van der Waals surface area contributed by atoms with E-state index in [2.05, 4.69) is 22.5 Å². The molecular formula is C13H21N3O. The fraction of sp³-hybridized carbons (Fsp3) is 0.538. The van der Waals surface area contributed by atoms with Gasteiger partial charge >= 0.3 is 0 Å². The summed E-state index contributed by atoms with van der Waals surface area (Å²) < 4.78 is 0. The molecule has 0 aliphatic rings. The Kier molecular flexibility index (Phi) is 6.25. The van der Waals surface area contributed by atoms with Crippen molar-refractivity contribution in [1.82, 2.24) is 15.6 Å². The van der Waals surface area contributed by atoms with Crippen LogP contribution in [-0.4, -0.2) is 23.5 Å². The van der Waals surface area contributed by atoms with Crippen molar-refractivity contribution in [2.75, 3.05) is 6.54 Å². The third kappa shape index (κ3) is 6.02.